The standard InChI is InChI=1S/C15H15NO5/c1-10(18)20-14-6-4-11(7-15(14)19-2)3-5-12-8-13(9-17)21-16-12/h3-8,17H,9H2,1-2H3. The third kappa shape index (κ3) is 3.93. The predicted octanol–water partition coefficient (Wildman–Crippen LogP) is 2.27. The highest BCUT2D eigenvalue weighted by Crippen LogP contribution is 2.28. The molecule has 1 heterocycles. The van der Waals surface area contributed by atoms with Crippen LogP contribution in [0.1, 0.15) is 23.9 Å². The number of ether oxygens (including phenoxy) is 2. The summed E-state index contributed by atoms with van der Waals surface area (Å²) in [6.45, 7) is 1.14. The normalized spacial score (nSPS) is 10.8. The van der Waals surface area contributed by atoms with E-state index in [0.717, 1.165) is 5.56 Å². The Morgan fingerprint density at radius 2 is 2.14 bits per heavy atom. The first kappa shape index (κ1) is 14.8. The van der Waals surface area contributed by atoms with Crippen LogP contribution in [0.15, 0.2) is 28.8 Å². The highest BCUT2D eigenvalue weighted by atomic mass is 16.6. The largest absolute Gasteiger partial charge is 0.493 e. The van der Waals surface area contributed by atoms with E-state index in [0.29, 0.717) is 23.0 Å². The summed E-state index contributed by atoms with van der Waals surface area (Å²) in [5.41, 5.74) is 1.44. The number of rotatable bonds is 5. The van der Waals surface area contributed by atoms with Crippen LogP contribution >= 0.6 is 0 Å². The Hall–Kier alpha value is -2.60. The number of benzene rings is 1. The lowest BCUT2D eigenvalue weighted by atomic mass is 10.1. The van der Waals surface area contributed by atoms with E-state index in [2.05, 4.69) is 5.16 Å². The van der Waals surface area contributed by atoms with Crippen LogP contribution in [-0.4, -0.2) is 23.3 Å². The van der Waals surface area contributed by atoms with Gasteiger partial charge in [-0.1, -0.05) is 17.3 Å². The van der Waals surface area contributed by atoms with Gasteiger partial charge in [0.25, 0.3) is 0 Å². The van der Waals surface area contributed by atoms with Gasteiger partial charge in [-0.05, 0) is 23.8 Å². The van der Waals surface area contributed by atoms with Gasteiger partial charge in [-0.25, -0.2) is 0 Å². The minimum Gasteiger partial charge on any atom is -0.493 e. The minimum absolute atomic E-state index is 0.189. The third-order valence-electron chi connectivity index (χ3n) is 2.62. The van der Waals surface area contributed by atoms with Gasteiger partial charge in [-0.2, -0.15) is 0 Å². The zero-order chi connectivity index (χ0) is 15.2. The summed E-state index contributed by atoms with van der Waals surface area (Å²) < 4.78 is 15.1. The SMILES string of the molecule is COc1cc(C=Cc2cc(CO)on2)ccc1OC(C)=O. The van der Waals surface area contributed by atoms with E-state index in [-0.39, 0.29) is 6.61 Å². The number of hydrogen-bond donors (Lipinski definition) is 1. The molecule has 0 aliphatic carbocycles. The van der Waals surface area contributed by atoms with Crippen LogP contribution in [0.4, 0.5) is 0 Å². The lowest BCUT2D eigenvalue weighted by Gasteiger charge is -2.08. The number of carbonyl (C=O) groups is 1. The van der Waals surface area contributed by atoms with Gasteiger partial charge in [0.15, 0.2) is 17.3 Å². The number of aromatic nitrogens is 1. The molecule has 1 aromatic heterocycles. The summed E-state index contributed by atoms with van der Waals surface area (Å²) >= 11 is 0. The molecule has 0 spiro atoms. The number of esters is 1. The van der Waals surface area contributed by atoms with E-state index < -0.39 is 5.97 Å². The van der Waals surface area contributed by atoms with Crippen LogP contribution in [0, 0.1) is 0 Å². The zero-order valence-electron chi connectivity index (χ0n) is 11.7. The highest BCUT2D eigenvalue weighted by molar-refractivity contribution is 5.72. The van der Waals surface area contributed by atoms with E-state index in [1.54, 1.807) is 36.4 Å². The van der Waals surface area contributed by atoms with Crippen LogP contribution in [0.5, 0.6) is 11.5 Å². The van der Waals surface area contributed by atoms with E-state index >= 15 is 0 Å². The highest BCUT2D eigenvalue weighted by Gasteiger charge is 2.07. The lowest BCUT2D eigenvalue weighted by Crippen LogP contribution is -2.02. The second-order valence-electron chi connectivity index (χ2n) is 4.21. The number of carbonyl (C=O) groups excluding carboxylic acids is 1. The van der Waals surface area contributed by atoms with E-state index in [4.69, 9.17) is 19.1 Å². The Labute approximate surface area is 121 Å². The van der Waals surface area contributed by atoms with E-state index in [1.165, 1.54) is 14.0 Å². The molecule has 0 amide bonds. The third-order valence-corrected chi connectivity index (χ3v) is 2.62. The molecule has 6 nitrogen and oxygen atoms in total. The van der Waals surface area contributed by atoms with E-state index in [9.17, 15) is 4.79 Å². The number of aliphatic hydroxyl groups excluding tert-OH is 1. The minimum atomic E-state index is -0.407. The summed E-state index contributed by atoms with van der Waals surface area (Å²) in [5.74, 6) is 0.822. The maximum Gasteiger partial charge on any atom is 0.308 e. The average Bonchev–Trinajstić information content (AvgIpc) is 2.93. The molecular weight excluding hydrogens is 274 g/mol. The van der Waals surface area contributed by atoms with Gasteiger partial charge >= 0.3 is 5.97 Å². The fourth-order valence-corrected chi connectivity index (χ4v) is 1.69. The quantitative estimate of drug-likeness (QED) is 0.671. The Morgan fingerprint density at radius 3 is 2.76 bits per heavy atom. The van der Waals surface area contributed by atoms with Gasteiger partial charge in [0.05, 0.1) is 7.11 Å². The average molecular weight is 289 g/mol. The molecule has 0 saturated carbocycles. The maximum atomic E-state index is 11.0. The van der Waals surface area contributed by atoms with Crippen LogP contribution in [0.2, 0.25) is 0 Å². The molecule has 1 N–H and O–H groups in total. The van der Waals surface area contributed by atoms with E-state index in [1.807, 2.05) is 0 Å². The second kappa shape index (κ2) is 6.71. The molecule has 2 rings (SSSR count). The summed E-state index contributed by atoms with van der Waals surface area (Å²) in [6.07, 6.45) is 3.54. The molecule has 1 aromatic carbocycles. The molecule has 0 radical (unpaired) electrons. The molecule has 0 aliphatic heterocycles. The van der Waals surface area contributed by atoms with Gasteiger partial charge in [0.2, 0.25) is 0 Å². The van der Waals surface area contributed by atoms with Crippen molar-refractivity contribution >= 4 is 18.1 Å². The summed E-state index contributed by atoms with van der Waals surface area (Å²) in [7, 11) is 1.50. The Kier molecular flexibility index (Phi) is 4.73. The summed E-state index contributed by atoms with van der Waals surface area (Å²) in [4.78, 5) is 11.0. The topological polar surface area (TPSA) is 81.8 Å². The molecule has 6 heteroatoms. The van der Waals surface area contributed by atoms with Crippen molar-refractivity contribution in [1.29, 1.82) is 0 Å². The fourth-order valence-electron chi connectivity index (χ4n) is 1.69. The Morgan fingerprint density at radius 1 is 1.33 bits per heavy atom. The zero-order valence-corrected chi connectivity index (χ0v) is 11.7. The predicted molar refractivity (Wildman–Crippen MR) is 75.7 cm³/mol. The van der Waals surface area contributed by atoms with Crippen molar-refractivity contribution in [3.63, 3.8) is 0 Å². The molecule has 2 aromatic rings. The van der Waals surface area contributed by atoms with Gasteiger partial charge in [-0.3, -0.25) is 4.79 Å². The van der Waals surface area contributed by atoms with Crippen LogP contribution in [-0.2, 0) is 11.4 Å². The molecule has 0 unspecified atom stereocenters. The van der Waals surface area contributed by atoms with Gasteiger partial charge < -0.3 is 19.1 Å². The molecule has 21 heavy (non-hydrogen) atoms. The van der Waals surface area contributed by atoms with Crippen molar-refractivity contribution in [2.75, 3.05) is 7.11 Å². The summed E-state index contributed by atoms with van der Waals surface area (Å²) in [6, 6.07) is 6.81. The van der Waals surface area contributed by atoms with Gasteiger partial charge in [0, 0.05) is 13.0 Å². The van der Waals surface area contributed by atoms with Crippen molar-refractivity contribution < 1.29 is 23.9 Å². The molecule has 0 fully saturated rings. The number of nitrogens with zero attached hydrogens (tertiary/aromatic N) is 1. The molecule has 0 aliphatic rings. The maximum absolute atomic E-state index is 11.0. The molecule has 110 valence electrons. The van der Waals surface area contributed by atoms with Crippen LogP contribution in [0.25, 0.3) is 12.2 Å². The van der Waals surface area contributed by atoms with Crippen molar-refractivity contribution in [3.05, 3.63) is 41.3 Å². The smallest absolute Gasteiger partial charge is 0.308 e. The van der Waals surface area contributed by atoms with Crippen molar-refractivity contribution in [2.45, 2.75) is 13.5 Å². The number of hydrogen-bond acceptors (Lipinski definition) is 6. The molecule has 0 saturated heterocycles. The van der Waals surface area contributed by atoms with Crippen molar-refractivity contribution in [1.82, 2.24) is 5.16 Å². The first-order valence-electron chi connectivity index (χ1n) is 6.23. The molecule has 0 atom stereocenters. The summed E-state index contributed by atoms with van der Waals surface area (Å²) in [5, 5.41) is 12.7. The van der Waals surface area contributed by atoms with Crippen LogP contribution < -0.4 is 9.47 Å². The van der Waals surface area contributed by atoms with Crippen molar-refractivity contribution in [3.8, 4) is 11.5 Å². The Balaban J connectivity index is 2.18. The lowest BCUT2D eigenvalue weighted by molar-refractivity contribution is -0.132. The van der Waals surface area contributed by atoms with Crippen LogP contribution in [0.3, 0.4) is 0 Å². The monoisotopic (exact) mass is 289 g/mol. The van der Waals surface area contributed by atoms with Gasteiger partial charge in [-0.15, -0.1) is 0 Å². The second-order valence-corrected chi connectivity index (χ2v) is 4.21. The first-order chi connectivity index (χ1) is 10.1. The molecular formula is C15H15NO5. The first-order valence-corrected chi connectivity index (χ1v) is 6.23. The van der Waals surface area contributed by atoms with Gasteiger partial charge in [0.1, 0.15) is 12.3 Å². The Bertz CT molecular complexity index is 660. The number of methoxy groups -OCH3 is 1. The fraction of sp³-hybridized carbons (Fsp3) is 0.200. The molecule has 0 bridgehead atoms. The van der Waals surface area contributed by atoms with Crippen molar-refractivity contribution in [2.24, 2.45) is 0 Å². The number of aliphatic hydroxyl groups is 1.